The third kappa shape index (κ3) is 3.91. The molecule has 1 heterocycles. The van der Waals surface area contributed by atoms with Gasteiger partial charge in [0.1, 0.15) is 23.2 Å². The van der Waals surface area contributed by atoms with Crippen LogP contribution in [0.1, 0.15) is 12.5 Å². The van der Waals surface area contributed by atoms with Gasteiger partial charge in [-0.15, -0.1) is 0 Å². The molecule has 0 saturated carbocycles. The van der Waals surface area contributed by atoms with Crippen molar-refractivity contribution in [3.8, 4) is 23.1 Å². The number of benzene rings is 1. The summed E-state index contributed by atoms with van der Waals surface area (Å²) >= 11 is 3.35. The van der Waals surface area contributed by atoms with Gasteiger partial charge >= 0.3 is 5.97 Å². The van der Waals surface area contributed by atoms with Crippen molar-refractivity contribution in [3.05, 3.63) is 28.2 Å². The zero-order valence-corrected chi connectivity index (χ0v) is 14.3. The molecule has 0 aliphatic rings. The quantitative estimate of drug-likeness (QED) is 0.736. The fourth-order valence-corrected chi connectivity index (χ4v) is 2.31. The Morgan fingerprint density at radius 2 is 2.12 bits per heavy atom. The van der Waals surface area contributed by atoms with Gasteiger partial charge in [-0.2, -0.15) is 10.2 Å². The minimum atomic E-state index is -0.506. The van der Waals surface area contributed by atoms with Crippen molar-refractivity contribution in [2.75, 3.05) is 24.7 Å². The Morgan fingerprint density at radius 3 is 2.79 bits per heavy atom. The highest BCUT2D eigenvalue weighted by Gasteiger charge is 2.18. The number of nitriles is 1. The summed E-state index contributed by atoms with van der Waals surface area (Å²) in [4.78, 5) is 19.4. The lowest BCUT2D eigenvalue weighted by atomic mass is 10.1. The van der Waals surface area contributed by atoms with Crippen LogP contribution in [0.4, 0.5) is 11.8 Å². The second-order valence-corrected chi connectivity index (χ2v) is 5.45. The van der Waals surface area contributed by atoms with Gasteiger partial charge in [0.05, 0.1) is 12.3 Å². The number of hydrogen-bond donors (Lipinski definition) is 2. The number of esters is 1. The molecule has 9 heteroatoms. The molecule has 0 bridgehead atoms. The van der Waals surface area contributed by atoms with Gasteiger partial charge in [-0.05, 0) is 25.1 Å². The minimum Gasteiger partial charge on any atom is -0.481 e. The van der Waals surface area contributed by atoms with Gasteiger partial charge in [-0.1, -0.05) is 15.9 Å². The number of nitrogens with zero attached hydrogens (tertiary/aromatic N) is 3. The number of hydrogen-bond acceptors (Lipinski definition) is 8. The molecule has 1 aromatic carbocycles. The summed E-state index contributed by atoms with van der Waals surface area (Å²) in [5, 5.41) is 9.32. The van der Waals surface area contributed by atoms with E-state index >= 15 is 0 Å². The minimum absolute atomic E-state index is 0.0312. The molecule has 2 aromatic rings. The number of carbonyl (C=O) groups excluding carboxylic acids is 1. The number of anilines is 2. The van der Waals surface area contributed by atoms with Crippen molar-refractivity contribution in [2.45, 2.75) is 6.92 Å². The molecular formula is C15H14BrN5O3. The molecule has 0 amide bonds. The Kier molecular flexibility index (Phi) is 5.55. The lowest BCUT2D eigenvalue weighted by Gasteiger charge is -2.13. The van der Waals surface area contributed by atoms with E-state index in [0.717, 1.165) is 4.47 Å². The van der Waals surface area contributed by atoms with Gasteiger partial charge in [0.15, 0.2) is 6.61 Å². The third-order valence-electron chi connectivity index (χ3n) is 2.91. The van der Waals surface area contributed by atoms with Crippen LogP contribution in [-0.4, -0.2) is 29.2 Å². The van der Waals surface area contributed by atoms with E-state index in [1.807, 2.05) is 6.07 Å². The molecule has 24 heavy (non-hydrogen) atoms. The van der Waals surface area contributed by atoms with Gasteiger partial charge in [-0.25, -0.2) is 9.78 Å². The number of rotatable bonds is 5. The number of nitrogen functional groups attached to an aromatic ring is 2. The maximum Gasteiger partial charge on any atom is 0.344 e. The maximum absolute atomic E-state index is 11.5. The number of ether oxygens (including phenoxy) is 2. The molecule has 0 aliphatic heterocycles. The van der Waals surface area contributed by atoms with Crippen LogP contribution < -0.4 is 16.2 Å². The van der Waals surface area contributed by atoms with Gasteiger partial charge in [-0.3, -0.25) is 0 Å². The Balaban J connectivity index is 2.49. The first-order chi connectivity index (χ1) is 11.5. The van der Waals surface area contributed by atoms with Gasteiger partial charge in [0.25, 0.3) is 0 Å². The molecule has 4 N–H and O–H groups in total. The first-order valence-electron chi connectivity index (χ1n) is 6.87. The normalized spacial score (nSPS) is 10.0. The van der Waals surface area contributed by atoms with Crippen molar-refractivity contribution in [3.63, 3.8) is 0 Å². The predicted octanol–water partition coefficient (Wildman–Crippen LogP) is 1.88. The Labute approximate surface area is 146 Å². The van der Waals surface area contributed by atoms with E-state index in [-0.39, 0.29) is 36.2 Å². The van der Waals surface area contributed by atoms with E-state index < -0.39 is 5.97 Å². The molecule has 8 nitrogen and oxygen atoms in total. The molecule has 0 saturated heterocycles. The second kappa shape index (κ2) is 7.61. The van der Waals surface area contributed by atoms with Crippen LogP contribution in [0.2, 0.25) is 0 Å². The van der Waals surface area contributed by atoms with Crippen molar-refractivity contribution in [2.24, 2.45) is 0 Å². The topological polar surface area (TPSA) is 137 Å². The predicted molar refractivity (Wildman–Crippen MR) is 90.8 cm³/mol. The lowest BCUT2D eigenvalue weighted by molar-refractivity contribution is -0.145. The molecule has 0 radical (unpaired) electrons. The van der Waals surface area contributed by atoms with E-state index in [0.29, 0.717) is 11.3 Å². The van der Waals surface area contributed by atoms with Gasteiger partial charge in [0.2, 0.25) is 5.95 Å². The van der Waals surface area contributed by atoms with Gasteiger partial charge in [0, 0.05) is 10.0 Å². The molecule has 1 aromatic heterocycles. The zero-order valence-electron chi connectivity index (χ0n) is 12.7. The summed E-state index contributed by atoms with van der Waals surface area (Å²) in [6.45, 7) is 1.68. The highest BCUT2D eigenvalue weighted by molar-refractivity contribution is 9.10. The lowest BCUT2D eigenvalue weighted by Crippen LogP contribution is -2.15. The average molecular weight is 392 g/mol. The molecule has 0 aliphatic carbocycles. The fourth-order valence-electron chi connectivity index (χ4n) is 1.95. The first-order valence-corrected chi connectivity index (χ1v) is 7.67. The summed E-state index contributed by atoms with van der Waals surface area (Å²) in [7, 11) is 0. The largest absolute Gasteiger partial charge is 0.481 e. The van der Waals surface area contributed by atoms with Crippen molar-refractivity contribution in [1.29, 1.82) is 5.26 Å². The molecular weight excluding hydrogens is 378 g/mol. The highest BCUT2D eigenvalue weighted by atomic mass is 79.9. The Bertz CT molecular complexity index is 819. The van der Waals surface area contributed by atoms with Crippen LogP contribution in [0.15, 0.2) is 22.7 Å². The second-order valence-electron chi connectivity index (χ2n) is 4.54. The zero-order chi connectivity index (χ0) is 17.7. The van der Waals surface area contributed by atoms with E-state index in [1.165, 1.54) is 0 Å². The fraction of sp³-hybridized carbons (Fsp3) is 0.200. The Morgan fingerprint density at radius 1 is 1.38 bits per heavy atom. The highest BCUT2D eigenvalue weighted by Crippen LogP contribution is 2.35. The summed E-state index contributed by atoms with van der Waals surface area (Å²) in [5.74, 6) is -0.275. The number of halogens is 1. The van der Waals surface area contributed by atoms with E-state index in [4.69, 9.17) is 20.9 Å². The monoisotopic (exact) mass is 391 g/mol. The molecule has 0 atom stereocenters. The summed E-state index contributed by atoms with van der Waals surface area (Å²) < 4.78 is 11.0. The molecule has 0 spiro atoms. The molecule has 0 fully saturated rings. The number of aromatic nitrogens is 2. The third-order valence-corrected chi connectivity index (χ3v) is 3.41. The average Bonchev–Trinajstić information content (AvgIpc) is 2.53. The van der Waals surface area contributed by atoms with Crippen LogP contribution in [0, 0.1) is 11.3 Å². The molecule has 0 unspecified atom stereocenters. The number of nitrogens with two attached hydrogens (primary N) is 2. The maximum atomic E-state index is 11.5. The van der Waals surface area contributed by atoms with Crippen molar-refractivity contribution < 1.29 is 14.3 Å². The van der Waals surface area contributed by atoms with Crippen molar-refractivity contribution >= 4 is 33.7 Å². The van der Waals surface area contributed by atoms with Crippen LogP contribution in [0.3, 0.4) is 0 Å². The van der Waals surface area contributed by atoms with Gasteiger partial charge < -0.3 is 20.9 Å². The van der Waals surface area contributed by atoms with E-state index in [1.54, 1.807) is 25.1 Å². The summed E-state index contributed by atoms with van der Waals surface area (Å²) in [5.41, 5.74) is 12.1. The van der Waals surface area contributed by atoms with Crippen molar-refractivity contribution in [1.82, 2.24) is 9.97 Å². The molecule has 124 valence electrons. The number of carbonyl (C=O) groups is 1. The van der Waals surface area contributed by atoms with Crippen LogP contribution in [-0.2, 0) is 9.53 Å². The van der Waals surface area contributed by atoms with E-state index in [9.17, 15) is 10.1 Å². The summed E-state index contributed by atoms with van der Waals surface area (Å²) in [6, 6.07) is 7.00. The van der Waals surface area contributed by atoms with Crippen LogP contribution in [0.5, 0.6) is 5.75 Å². The Hall–Kier alpha value is -2.86. The van der Waals surface area contributed by atoms with Crippen LogP contribution in [0.25, 0.3) is 11.3 Å². The summed E-state index contributed by atoms with van der Waals surface area (Å²) in [6.07, 6.45) is 0. The van der Waals surface area contributed by atoms with E-state index in [2.05, 4.69) is 25.9 Å². The molecule has 2 rings (SSSR count). The van der Waals surface area contributed by atoms with Crippen LogP contribution >= 0.6 is 15.9 Å². The smallest absolute Gasteiger partial charge is 0.344 e. The first kappa shape index (κ1) is 17.5. The SMILES string of the molecule is CCOC(=O)COc1ccc(Br)cc1-c1nc(N)nc(N)c1C#N. The standard InChI is InChI=1S/C15H14BrN5O3/c1-2-23-12(22)7-24-11-4-3-8(16)5-9(11)13-10(6-17)14(18)21-15(19)20-13/h3-5H,2,7H2,1H3,(H4,18,19,20,21).